The summed E-state index contributed by atoms with van der Waals surface area (Å²) in [4.78, 5) is 0. The van der Waals surface area contributed by atoms with Crippen LogP contribution in [0.15, 0.2) is 18.2 Å². The predicted octanol–water partition coefficient (Wildman–Crippen LogP) is 3.48. The van der Waals surface area contributed by atoms with Crippen molar-refractivity contribution in [3.05, 3.63) is 28.8 Å². The molecule has 1 rings (SSSR count). The molecule has 1 atom stereocenters. The van der Waals surface area contributed by atoms with E-state index in [4.69, 9.17) is 17.3 Å². The Balaban J connectivity index is 3.41. The van der Waals surface area contributed by atoms with Crippen molar-refractivity contribution in [2.75, 3.05) is 5.73 Å². The Morgan fingerprint density at radius 2 is 2.00 bits per heavy atom. The molecule has 6 heteroatoms. The second-order valence-electron chi connectivity index (χ2n) is 3.99. The number of aliphatic hydroxyl groups is 1. The van der Waals surface area contributed by atoms with Crippen molar-refractivity contribution in [3.8, 4) is 11.8 Å². The van der Waals surface area contributed by atoms with Crippen molar-refractivity contribution in [1.82, 2.24) is 0 Å². The first-order chi connectivity index (χ1) is 8.72. The van der Waals surface area contributed by atoms with Crippen LogP contribution in [0.3, 0.4) is 0 Å². The van der Waals surface area contributed by atoms with E-state index in [0.29, 0.717) is 6.42 Å². The van der Waals surface area contributed by atoms with Crippen LogP contribution in [0.2, 0.25) is 5.02 Å². The molecular weight excluding hydrogens is 279 g/mol. The average molecular weight is 292 g/mol. The molecule has 0 heterocycles. The summed E-state index contributed by atoms with van der Waals surface area (Å²) in [5.41, 5.74) is 1.42. The lowest BCUT2D eigenvalue weighted by Crippen LogP contribution is -2.41. The largest absolute Gasteiger partial charge is 0.433 e. The van der Waals surface area contributed by atoms with Crippen LogP contribution >= 0.6 is 11.6 Å². The van der Waals surface area contributed by atoms with Crippen molar-refractivity contribution in [3.63, 3.8) is 0 Å². The summed E-state index contributed by atoms with van der Waals surface area (Å²) in [5.74, 6) is 4.17. The molecule has 3 N–H and O–H groups in total. The maximum Gasteiger partial charge on any atom is 0.433 e. The number of hydrogen-bond acceptors (Lipinski definition) is 2. The van der Waals surface area contributed by atoms with Gasteiger partial charge in [-0.3, -0.25) is 0 Å². The van der Waals surface area contributed by atoms with E-state index in [9.17, 15) is 18.3 Å². The van der Waals surface area contributed by atoms with Crippen molar-refractivity contribution in [2.24, 2.45) is 0 Å². The molecule has 0 spiro atoms. The van der Waals surface area contributed by atoms with Crippen LogP contribution in [0.4, 0.5) is 18.9 Å². The van der Waals surface area contributed by atoms with Gasteiger partial charge in [0, 0.05) is 22.7 Å². The molecule has 0 bridgehead atoms. The lowest BCUT2D eigenvalue weighted by atomic mass is 9.92. The zero-order valence-corrected chi connectivity index (χ0v) is 10.9. The number of anilines is 1. The molecule has 0 radical (unpaired) electrons. The van der Waals surface area contributed by atoms with Crippen LogP contribution in [0.5, 0.6) is 0 Å². The molecule has 0 aromatic heterocycles. The van der Waals surface area contributed by atoms with Crippen molar-refractivity contribution >= 4 is 17.3 Å². The van der Waals surface area contributed by atoms with Crippen molar-refractivity contribution < 1.29 is 18.3 Å². The molecule has 2 nitrogen and oxygen atoms in total. The number of benzene rings is 1. The third kappa shape index (κ3) is 3.34. The Morgan fingerprint density at radius 3 is 2.53 bits per heavy atom. The minimum absolute atomic E-state index is 0.0455. The highest BCUT2D eigenvalue weighted by Gasteiger charge is 2.55. The molecular formula is C13H13ClF3NO. The normalized spacial score (nSPS) is 14.4. The first-order valence-corrected chi connectivity index (χ1v) is 5.94. The van der Waals surface area contributed by atoms with E-state index >= 15 is 0 Å². The van der Waals surface area contributed by atoms with Crippen LogP contribution in [-0.2, 0) is 5.60 Å². The fourth-order valence-corrected chi connectivity index (χ4v) is 1.62. The molecule has 1 aromatic rings. The van der Waals surface area contributed by atoms with Gasteiger partial charge in [0.25, 0.3) is 0 Å². The highest BCUT2D eigenvalue weighted by molar-refractivity contribution is 6.30. The molecule has 1 aromatic carbocycles. The highest BCUT2D eigenvalue weighted by Crippen LogP contribution is 2.41. The van der Waals surface area contributed by atoms with Gasteiger partial charge in [-0.2, -0.15) is 13.2 Å². The monoisotopic (exact) mass is 291 g/mol. The molecule has 0 aliphatic carbocycles. The Labute approximate surface area is 114 Å². The maximum absolute atomic E-state index is 13.1. The highest BCUT2D eigenvalue weighted by atomic mass is 35.5. The summed E-state index contributed by atoms with van der Waals surface area (Å²) in [6.07, 6.45) is -4.13. The predicted molar refractivity (Wildman–Crippen MR) is 68.5 cm³/mol. The smallest absolute Gasteiger partial charge is 0.398 e. The Morgan fingerprint density at radius 1 is 1.37 bits per heavy atom. The zero-order chi connectivity index (χ0) is 14.7. The molecule has 0 saturated heterocycles. The Bertz CT molecular complexity index is 519. The number of rotatable bonds is 2. The van der Waals surface area contributed by atoms with Crippen molar-refractivity contribution in [2.45, 2.75) is 31.5 Å². The number of hydrogen-bond donors (Lipinski definition) is 2. The topological polar surface area (TPSA) is 46.2 Å². The molecule has 19 heavy (non-hydrogen) atoms. The van der Waals surface area contributed by atoms with Gasteiger partial charge in [-0.05, 0) is 24.6 Å². The summed E-state index contributed by atoms with van der Waals surface area (Å²) >= 11 is 5.65. The molecule has 0 aliphatic heterocycles. The third-order valence-electron chi connectivity index (χ3n) is 2.46. The number of nitrogens with two attached hydrogens (primary N) is 1. The zero-order valence-electron chi connectivity index (χ0n) is 10.2. The third-order valence-corrected chi connectivity index (χ3v) is 2.69. The molecule has 0 aliphatic rings. The van der Waals surface area contributed by atoms with Gasteiger partial charge in [0.2, 0.25) is 5.60 Å². The van der Waals surface area contributed by atoms with E-state index in [1.165, 1.54) is 12.1 Å². The fourth-order valence-electron chi connectivity index (χ4n) is 1.45. The molecule has 0 saturated carbocycles. The summed E-state index contributed by atoms with van der Waals surface area (Å²) in [6.45, 7) is 1.77. The Kier molecular flexibility index (Phi) is 4.72. The van der Waals surface area contributed by atoms with E-state index in [-0.39, 0.29) is 17.1 Å². The van der Waals surface area contributed by atoms with Gasteiger partial charge in [-0.25, -0.2) is 0 Å². The van der Waals surface area contributed by atoms with Gasteiger partial charge in [-0.15, -0.1) is 0 Å². The van der Waals surface area contributed by atoms with Gasteiger partial charge >= 0.3 is 6.18 Å². The van der Waals surface area contributed by atoms with Gasteiger partial charge in [-0.1, -0.05) is 30.4 Å². The number of nitrogen functional groups attached to an aromatic ring is 1. The molecule has 1 unspecified atom stereocenters. The van der Waals surface area contributed by atoms with E-state index in [1.807, 2.05) is 5.92 Å². The maximum atomic E-state index is 13.1. The summed E-state index contributed by atoms with van der Waals surface area (Å²) < 4.78 is 39.2. The number of alkyl halides is 3. The average Bonchev–Trinajstić information content (AvgIpc) is 2.31. The molecule has 0 fully saturated rings. The van der Waals surface area contributed by atoms with Gasteiger partial charge in [0.15, 0.2) is 0 Å². The lowest BCUT2D eigenvalue weighted by molar-refractivity contribution is -0.240. The minimum atomic E-state index is -4.97. The van der Waals surface area contributed by atoms with Crippen LogP contribution in [-0.4, -0.2) is 11.3 Å². The summed E-state index contributed by atoms with van der Waals surface area (Å²) in [6, 6.07) is 3.53. The number of unbranched alkanes of at least 4 members (excludes halogenated alkanes) is 1. The lowest BCUT2D eigenvalue weighted by Gasteiger charge is -2.27. The first-order valence-electron chi connectivity index (χ1n) is 5.57. The second-order valence-corrected chi connectivity index (χ2v) is 4.43. The molecule has 104 valence electrons. The summed E-state index contributed by atoms with van der Waals surface area (Å²) in [7, 11) is 0. The van der Waals surface area contributed by atoms with E-state index in [2.05, 4.69) is 5.92 Å². The van der Waals surface area contributed by atoms with E-state index in [0.717, 1.165) is 6.07 Å². The second kappa shape index (κ2) is 5.72. The standard InChI is InChI=1S/C13H13ClF3NO/c1-2-3-4-7-12(19,13(15,16)17)10-8-9(14)5-6-11(10)18/h5-6,8,19H,2-3,18H2,1H3. The van der Waals surface area contributed by atoms with Gasteiger partial charge in [0.05, 0.1) is 0 Å². The number of halogens is 4. The summed E-state index contributed by atoms with van der Waals surface area (Å²) in [5, 5.41) is 9.96. The minimum Gasteiger partial charge on any atom is -0.398 e. The van der Waals surface area contributed by atoms with Crippen LogP contribution < -0.4 is 5.73 Å². The first kappa shape index (κ1) is 15.7. The van der Waals surface area contributed by atoms with Gasteiger partial charge < -0.3 is 10.8 Å². The SMILES string of the molecule is CCCC#CC(O)(c1cc(Cl)ccc1N)C(F)(F)F. The molecule has 0 amide bonds. The fraction of sp³-hybridized carbons (Fsp3) is 0.385. The van der Waals surface area contributed by atoms with Gasteiger partial charge in [0.1, 0.15) is 0 Å². The quantitative estimate of drug-likeness (QED) is 0.647. The Hall–Kier alpha value is -1.38. The van der Waals surface area contributed by atoms with Crippen molar-refractivity contribution in [1.29, 1.82) is 0 Å². The van der Waals surface area contributed by atoms with E-state index < -0.39 is 17.3 Å². The van der Waals surface area contributed by atoms with Crippen LogP contribution in [0.1, 0.15) is 25.3 Å². The van der Waals surface area contributed by atoms with Crippen LogP contribution in [0.25, 0.3) is 0 Å². The van der Waals surface area contributed by atoms with E-state index in [1.54, 1.807) is 6.92 Å². The van der Waals surface area contributed by atoms with Crippen LogP contribution in [0, 0.1) is 11.8 Å².